The third-order valence-electron chi connectivity index (χ3n) is 5.08. The Balaban J connectivity index is 1.97. The van der Waals surface area contributed by atoms with Gasteiger partial charge in [-0.2, -0.15) is 0 Å². The molecule has 0 atom stereocenters. The summed E-state index contributed by atoms with van der Waals surface area (Å²) < 4.78 is 30.1. The van der Waals surface area contributed by atoms with E-state index in [-0.39, 0.29) is 11.2 Å². The second-order valence-corrected chi connectivity index (χ2v) is 7.18. The standard InChI is InChI=1S/C25H19F2N3O2/c1-3-23(31)28-15-11-12-22(29-24-20(26)9-6-10-21(24)27)18(13-15)19-14-30(2)25(32)17-8-5-4-7-16(17)19/h3-14,29H,1H2,2H3,(H,28,31). The lowest BCUT2D eigenvalue weighted by Crippen LogP contribution is -2.16. The van der Waals surface area contributed by atoms with Crippen molar-refractivity contribution in [1.82, 2.24) is 4.57 Å². The molecule has 0 aliphatic rings. The van der Waals surface area contributed by atoms with Gasteiger partial charge in [-0.05, 0) is 47.9 Å². The molecule has 0 aliphatic carbocycles. The highest BCUT2D eigenvalue weighted by Gasteiger charge is 2.16. The first kappa shape index (κ1) is 21.0. The molecule has 32 heavy (non-hydrogen) atoms. The van der Waals surface area contributed by atoms with Crippen LogP contribution < -0.4 is 16.2 Å². The third kappa shape index (κ3) is 3.88. The van der Waals surface area contributed by atoms with Crippen LogP contribution in [-0.4, -0.2) is 10.5 Å². The van der Waals surface area contributed by atoms with Gasteiger partial charge < -0.3 is 15.2 Å². The Hall–Kier alpha value is -4.26. The maximum Gasteiger partial charge on any atom is 0.258 e. The van der Waals surface area contributed by atoms with Gasteiger partial charge in [-0.1, -0.05) is 30.8 Å². The molecule has 7 heteroatoms. The quantitative estimate of drug-likeness (QED) is 0.419. The molecular formula is C25H19F2N3O2. The Morgan fingerprint density at radius 1 is 0.969 bits per heavy atom. The van der Waals surface area contributed by atoms with Gasteiger partial charge in [0.1, 0.15) is 17.3 Å². The summed E-state index contributed by atoms with van der Waals surface area (Å²) in [5, 5.41) is 6.68. The first-order valence-corrected chi connectivity index (χ1v) is 9.76. The van der Waals surface area contributed by atoms with Crippen molar-refractivity contribution in [2.45, 2.75) is 0 Å². The van der Waals surface area contributed by atoms with E-state index in [0.29, 0.717) is 33.3 Å². The van der Waals surface area contributed by atoms with Crippen molar-refractivity contribution >= 4 is 33.7 Å². The smallest absolute Gasteiger partial charge is 0.258 e. The molecule has 0 bridgehead atoms. The molecule has 0 saturated carbocycles. The summed E-state index contributed by atoms with van der Waals surface area (Å²) in [5.74, 6) is -1.89. The zero-order chi connectivity index (χ0) is 22.8. The van der Waals surface area contributed by atoms with Crippen molar-refractivity contribution in [3.8, 4) is 11.1 Å². The number of anilines is 3. The van der Waals surface area contributed by atoms with Crippen LogP contribution in [0.25, 0.3) is 21.9 Å². The number of amides is 1. The highest BCUT2D eigenvalue weighted by atomic mass is 19.1. The SMILES string of the molecule is C=CC(=O)Nc1ccc(Nc2c(F)cccc2F)c(-c2cn(C)c(=O)c3ccccc23)c1. The zero-order valence-corrected chi connectivity index (χ0v) is 17.2. The van der Waals surface area contributed by atoms with Gasteiger partial charge >= 0.3 is 0 Å². The van der Waals surface area contributed by atoms with Gasteiger partial charge in [0.25, 0.3) is 5.56 Å². The van der Waals surface area contributed by atoms with Gasteiger partial charge in [-0.25, -0.2) is 8.78 Å². The predicted octanol–water partition coefficient (Wildman–Crippen LogP) is 5.35. The number of nitrogens with zero attached hydrogens (tertiary/aromatic N) is 1. The Morgan fingerprint density at radius 3 is 2.34 bits per heavy atom. The number of aryl methyl sites for hydroxylation is 1. The Morgan fingerprint density at radius 2 is 1.66 bits per heavy atom. The summed E-state index contributed by atoms with van der Waals surface area (Å²) in [7, 11) is 1.63. The molecule has 0 spiro atoms. The minimum atomic E-state index is -0.745. The van der Waals surface area contributed by atoms with Crippen LogP contribution in [0.2, 0.25) is 0 Å². The number of fused-ring (bicyclic) bond motifs is 1. The highest BCUT2D eigenvalue weighted by molar-refractivity contribution is 6.03. The zero-order valence-electron chi connectivity index (χ0n) is 17.2. The first-order valence-electron chi connectivity index (χ1n) is 9.76. The minimum Gasteiger partial charge on any atom is -0.350 e. The number of rotatable bonds is 5. The van der Waals surface area contributed by atoms with E-state index in [1.165, 1.54) is 10.6 Å². The summed E-state index contributed by atoms with van der Waals surface area (Å²) >= 11 is 0. The molecule has 3 aromatic carbocycles. The van der Waals surface area contributed by atoms with Crippen LogP contribution in [0.3, 0.4) is 0 Å². The molecule has 0 fully saturated rings. The molecule has 1 aromatic heterocycles. The van der Waals surface area contributed by atoms with E-state index in [0.717, 1.165) is 18.2 Å². The van der Waals surface area contributed by atoms with Gasteiger partial charge in [-0.15, -0.1) is 0 Å². The molecule has 160 valence electrons. The molecule has 5 nitrogen and oxygen atoms in total. The molecule has 1 amide bonds. The van der Waals surface area contributed by atoms with Crippen molar-refractivity contribution in [2.24, 2.45) is 7.05 Å². The van der Waals surface area contributed by atoms with Crippen LogP contribution in [0.5, 0.6) is 0 Å². The van der Waals surface area contributed by atoms with Crippen molar-refractivity contribution in [3.05, 3.63) is 102 Å². The maximum absolute atomic E-state index is 14.3. The van der Waals surface area contributed by atoms with E-state index in [1.807, 2.05) is 0 Å². The molecular weight excluding hydrogens is 412 g/mol. The number of para-hydroxylation sites is 1. The van der Waals surface area contributed by atoms with E-state index in [9.17, 15) is 18.4 Å². The summed E-state index contributed by atoms with van der Waals surface area (Å²) in [5.41, 5.74) is 1.58. The number of benzene rings is 3. The lowest BCUT2D eigenvalue weighted by Gasteiger charge is -2.17. The van der Waals surface area contributed by atoms with Gasteiger partial charge in [0.2, 0.25) is 5.91 Å². The van der Waals surface area contributed by atoms with E-state index in [2.05, 4.69) is 17.2 Å². The molecule has 0 saturated heterocycles. The second-order valence-electron chi connectivity index (χ2n) is 7.18. The number of hydrogen-bond acceptors (Lipinski definition) is 3. The number of pyridine rings is 1. The van der Waals surface area contributed by atoms with E-state index >= 15 is 0 Å². The minimum absolute atomic E-state index is 0.171. The highest BCUT2D eigenvalue weighted by Crippen LogP contribution is 2.37. The molecule has 1 heterocycles. The normalized spacial score (nSPS) is 10.7. The largest absolute Gasteiger partial charge is 0.350 e. The lowest BCUT2D eigenvalue weighted by molar-refractivity contribution is -0.111. The van der Waals surface area contributed by atoms with Crippen LogP contribution in [0, 0.1) is 11.6 Å². The monoisotopic (exact) mass is 431 g/mol. The van der Waals surface area contributed by atoms with Crippen LogP contribution in [0.15, 0.2) is 84.3 Å². The van der Waals surface area contributed by atoms with E-state index in [4.69, 9.17) is 0 Å². The van der Waals surface area contributed by atoms with Gasteiger partial charge in [0.05, 0.1) is 0 Å². The van der Waals surface area contributed by atoms with E-state index < -0.39 is 17.5 Å². The molecule has 0 unspecified atom stereocenters. The fourth-order valence-corrected chi connectivity index (χ4v) is 3.53. The van der Waals surface area contributed by atoms with Crippen LogP contribution in [-0.2, 0) is 11.8 Å². The Labute approximate surface area is 182 Å². The van der Waals surface area contributed by atoms with Gasteiger partial charge in [0, 0.05) is 41.1 Å². The number of hydrogen-bond donors (Lipinski definition) is 2. The Kier molecular flexibility index (Phi) is 5.55. The van der Waals surface area contributed by atoms with E-state index in [1.54, 1.807) is 55.7 Å². The summed E-state index contributed by atoms with van der Waals surface area (Å²) in [6.45, 7) is 3.45. The number of nitrogens with one attached hydrogen (secondary N) is 2. The third-order valence-corrected chi connectivity index (χ3v) is 5.08. The van der Waals surface area contributed by atoms with Gasteiger partial charge in [0.15, 0.2) is 0 Å². The van der Waals surface area contributed by atoms with Crippen LogP contribution >= 0.6 is 0 Å². The topological polar surface area (TPSA) is 63.1 Å². The maximum atomic E-state index is 14.3. The van der Waals surface area contributed by atoms with Crippen LogP contribution in [0.4, 0.5) is 25.8 Å². The number of carbonyl (C=O) groups excluding carboxylic acids is 1. The molecule has 4 rings (SSSR count). The van der Waals surface area contributed by atoms with Crippen molar-refractivity contribution in [1.29, 1.82) is 0 Å². The van der Waals surface area contributed by atoms with Crippen molar-refractivity contribution in [3.63, 3.8) is 0 Å². The summed E-state index contributed by atoms with van der Waals surface area (Å²) in [6.07, 6.45) is 2.80. The summed E-state index contributed by atoms with van der Waals surface area (Å²) in [4.78, 5) is 24.4. The average molecular weight is 431 g/mol. The molecule has 2 N–H and O–H groups in total. The fourth-order valence-electron chi connectivity index (χ4n) is 3.53. The number of carbonyl (C=O) groups is 1. The second kappa shape index (κ2) is 8.47. The lowest BCUT2D eigenvalue weighted by atomic mass is 9.98. The predicted molar refractivity (Wildman–Crippen MR) is 123 cm³/mol. The summed E-state index contributed by atoms with van der Waals surface area (Å²) in [6, 6.07) is 15.6. The first-order chi connectivity index (χ1) is 15.4. The Bertz CT molecular complexity index is 1410. The van der Waals surface area contributed by atoms with Crippen molar-refractivity contribution < 1.29 is 13.6 Å². The van der Waals surface area contributed by atoms with Crippen molar-refractivity contribution in [2.75, 3.05) is 10.6 Å². The van der Waals surface area contributed by atoms with Crippen LogP contribution in [0.1, 0.15) is 0 Å². The fraction of sp³-hybridized carbons (Fsp3) is 0.0400. The molecule has 0 radical (unpaired) electrons. The molecule has 4 aromatic rings. The molecule has 0 aliphatic heterocycles. The number of halogens is 2. The van der Waals surface area contributed by atoms with Gasteiger partial charge in [-0.3, -0.25) is 9.59 Å². The number of aromatic nitrogens is 1. The average Bonchev–Trinajstić information content (AvgIpc) is 2.79.